The summed E-state index contributed by atoms with van der Waals surface area (Å²) in [5, 5.41) is 20.1. The second kappa shape index (κ2) is 9.84. The number of rotatable bonds is 9. The average molecular weight is 426 g/mol. The molecule has 0 fully saturated rings. The summed E-state index contributed by atoms with van der Waals surface area (Å²) in [4.78, 5) is 23.9. The second-order valence-electron chi connectivity index (χ2n) is 6.89. The first-order chi connectivity index (χ1) is 14.9. The summed E-state index contributed by atoms with van der Waals surface area (Å²) >= 11 is 0. The Morgan fingerprint density at radius 3 is 2.45 bits per heavy atom. The highest BCUT2D eigenvalue weighted by atomic mass is 19.1. The first-order valence-electron chi connectivity index (χ1n) is 9.84. The van der Waals surface area contributed by atoms with Crippen molar-refractivity contribution >= 4 is 11.9 Å². The molecule has 31 heavy (non-hydrogen) atoms. The van der Waals surface area contributed by atoms with Gasteiger partial charge in [0.1, 0.15) is 23.9 Å². The van der Waals surface area contributed by atoms with E-state index in [-0.39, 0.29) is 36.5 Å². The number of carbonyl (C=O) groups is 2. The highest BCUT2D eigenvalue weighted by Gasteiger charge is 2.21. The van der Waals surface area contributed by atoms with Gasteiger partial charge < -0.3 is 15.2 Å². The number of halogens is 1. The van der Waals surface area contributed by atoms with Gasteiger partial charge in [0.2, 0.25) is 0 Å². The van der Waals surface area contributed by atoms with Crippen LogP contribution in [0.15, 0.2) is 48.5 Å². The van der Waals surface area contributed by atoms with E-state index in [0.29, 0.717) is 23.6 Å². The van der Waals surface area contributed by atoms with E-state index in [2.05, 4.69) is 15.6 Å². The van der Waals surface area contributed by atoms with Gasteiger partial charge in [0.15, 0.2) is 0 Å². The van der Waals surface area contributed by atoms with Crippen LogP contribution in [0.2, 0.25) is 0 Å². The van der Waals surface area contributed by atoms with E-state index in [1.54, 1.807) is 12.1 Å². The van der Waals surface area contributed by atoms with Gasteiger partial charge in [-0.15, -0.1) is 5.10 Å². The van der Waals surface area contributed by atoms with Crippen LogP contribution in [0.3, 0.4) is 0 Å². The van der Waals surface area contributed by atoms with E-state index >= 15 is 0 Å². The number of ether oxygens (including phenoxy) is 1. The summed E-state index contributed by atoms with van der Waals surface area (Å²) < 4.78 is 20.1. The van der Waals surface area contributed by atoms with E-state index in [1.807, 2.05) is 13.8 Å². The molecule has 8 nitrogen and oxygen atoms in total. The Bertz CT molecular complexity index is 1050. The Morgan fingerprint density at radius 2 is 1.84 bits per heavy atom. The highest BCUT2D eigenvalue weighted by Crippen LogP contribution is 2.16. The summed E-state index contributed by atoms with van der Waals surface area (Å²) in [7, 11) is 0. The van der Waals surface area contributed by atoms with Gasteiger partial charge in [-0.25, -0.2) is 13.9 Å². The van der Waals surface area contributed by atoms with Crippen molar-refractivity contribution in [3.05, 3.63) is 76.9 Å². The molecule has 0 aliphatic rings. The number of nitrogens with zero attached hydrogens (tertiary/aromatic N) is 3. The van der Waals surface area contributed by atoms with Gasteiger partial charge in [-0.3, -0.25) is 4.79 Å². The van der Waals surface area contributed by atoms with Gasteiger partial charge in [0, 0.05) is 0 Å². The van der Waals surface area contributed by atoms with Crippen molar-refractivity contribution in [2.75, 3.05) is 6.61 Å². The molecule has 1 unspecified atom stereocenters. The zero-order chi connectivity index (χ0) is 22.4. The number of carbonyl (C=O) groups excluding carboxylic acids is 1. The Hall–Kier alpha value is -3.75. The fourth-order valence-electron chi connectivity index (χ4n) is 3.04. The normalized spacial score (nSPS) is 11.7. The summed E-state index contributed by atoms with van der Waals surface area (Å²) in [5.41, 5.74) is 1.86. The number of aromatic carboxylic acids is 1. The molecule has 0 aliphatic carbocycles. The lowest BCUT2D eigenvalue weighted by molar-refractivity contribution is 0.0696. The van der Waals surface area contributed by atoms with Gasteiger partial charge in [-0.2, -0.15) is 0 Å². The van der Waals surface area contributed by atoms with Gasteiger partial charge in [0.05, 0.1) is 23.8 Å². The number of nitrogens with one attached hydrogen (secondary N) is 1. The van der Waals surface area contributed by atoms with Gasteiger partial charge in [-0.05, 0) is 55.3 Å². The molecule has 0 bridgehead atoms. The molecule has 3 aromatic rings. The minimum atomic E-state index is -1.01. The predicted octanol–water partition coefficient (Wildman–Crippen LogP) is 3.25. The molecule has 0 saturated carbocycles. The minimum absolute atomic E-state index is 0.180. The monoisotopic (exact) mass is 426 g/mol. The Labute approximate surface area is 178 Å². The molecule has 0 saturated heterocycles. The number of amides is 1. The molecular weight excluding hydrogens is 403 g/mol. The minimum Gasteiger partial charge on any atom is -0.492 e. The standard InChI is InChI=1S/C22H23FN4O4/c1-3-19-20(21(28)24-14(2)15-4-6-16(7-5-15)22(29)30)27(26-25-19)12-13-31-18-10-8-17(23)9-11-18/h4-11,14H,3,12-13H2,1-2H3,(H,24,28)(H,29,30). The van der Waals surface area contributed by atoms with Crippen molar-refractivity contribution in [1.29, 1.82) is 0 Å². The van der Waals surface area contributed by atoms with Crippen molar-refractivity contribution in [1.82, 2.24) is 20.3 Å². The Morgan fingerprint density at radius 1 is 1.16 bits per heavy atom. The number of carboxylic acids is 1. The molecule has 1 atom stereocenters. The lowest BCUT2D eigenvalue weighted by atomic mass is 10.1. The SMILES string of the molecule is CCc1nnn(CCOc2ccc(F)cc2)c1C(=O)NC(C)c1ccc(C(=O)O)cc1. The topological polar surface area (TPSA) is 106 Å². The van der Waals surface area contributed by atoms with Crippen molar-refractivity contribution < 1.29 is 23.8 Å². The quantitative estimate of drug-likeness (QED) is 0.544. The number of aryl methyl sites for hydroxylation is 1. The number of benzene rings is 2. The maximum atomic E-state index is 13.0. The summed E-state index contributed by atoms with van der Waals surface area (Å²) in [5.74, 6) is -1.17. The van der Waals surface area contributed by atoms with Crippen LogP contribution in [0.4, 0.5) is 4.39 Å². The smallest absolute Gasteiger partial charge is 0.335 e. The van der Waals surface area contributed by atoms with Gasteiger partial charge >= 0.3 is 5.97 Å². The lowest BCUT2D eigenvalue weighted by Crippen LogP contribution is -2.30. The molecule has 1 heterocycles. The fraction of sp³-hybridized carbons (Fsp3) is 0.273. The molecule has 0 spiro atoms. The van der Waals surface area contributed by atoms with E-state index in [9.17, 15) is 14.0 Å². The van der Waals surface area contributed by atoms with E-state index in [1.165, 1.54) is 41.1 Å². The predicted molar refractivity (Wildman–Crippen MR) is 111 cm³/mol. The number of carboxylic acid groups (broad SMARTS) is 1. The summed E-state index contributed by atoms with van der Waals surface area (Å²) in [6.45, 7) is 4.21. The third-order valence-corrected chi connectivity index (χ3v) is 4.75. The van der Waals surface area contributed by atoms with Crippen LogP contribution in [0.1, 0.15) is 52.0 Å². The molecule has 1 amide bonds. The fourth-order valence-corrected chi connectivity index (χ4v) is 3.04. The van der Waals surface area contributed by atoms with Crippen molar-refractivity contribution in [2.24, 2.45) is 0 Å². The van der Waals surface area contributed by atoms with E-state index in [0.717, 1.165) is 5.56 Å². The molecule has 162 valence electrons. The molecule has 3 rings (SSSR count). The molecule has 0 radical (unpaired) electrons. The summed E-state index contributed by atoms with van der Waals surface area (Å²) in [6.07, 6.45) is 0.531. The van der Waals surface area contributed by atoms with Crippen molar-refractivity contribution in [2.45, 2.75) is 32.9 Å². The highest BCUT2D eigenvalue weighted by molar-refractivity contribution is 5.93. The van der Waals surface area contributed by atoms with E-state index < -0.39 is 5.97 Å². The average Bonchev–Trinajstić information content (AvgIpc) is 3.18. The Balaban J connectivity index is 1.67. The number of hydrogen-bond donors (Lipinski definition) is 2. The third-order valence-electron chi connectivity index (χ3n) is 4.75. The molecule has 2 N–H and O–H groups in total. The maximum absolute atomic E-state index is 13.0. The maximum Gasteiger partial charge on any atom is 0.335 e. The van der Waals surface area contributed by atoms with Crippen LogP contribution in [0.5, 0.6) is 5.75 Å². The van der Waals surface area contributed by atoms with Crippen molar-refractivity contribution in [3.8, 4) is 5.75 Å². The van der Waals surface area contributed by atoms with E-state index in [4.69, 9.17) is 9.84 Å². The third kappa shape index (κ3) is 5.44. The molecule has 2 aromatic carbocycles. The van der Waals surface area contributed by atoms with Crippen LogP contribution in [0, 0.1) is 5.82 Å². The Kier molecular flexibility index (Phi) is 6.96. The van der Waals surface area contributed by atoms with Crippen LogP contribution in [-0.4, -0.2) is 38.6 Å². The van der Waals surface area contributed by atoms with Crippen LogP contribution < -0.4 is 10.1 Å². The van der Waals surface area contributed by atoms with Crippen LogP contribution >= 0.6 is 0 Å². The molecule has 1 aromatic heterocycles. The lowest BCUT2D eigenvalue weighted by Gasteiger charge is -2.16. The van der Waals surface area contributed by atoms with Crippen LogP contribution in [-0.2, 0) is 13.0 Å². The first kappa shape index (κ1) is 21.9. The zero-order valence-corrected chi connectivity index (χ0v) is 17.2. The van der Waals surface area contributed by atoms with Crippen LogP contribution in [0.25, 0.3) is 0 Å². The first-order valence-corrected chi connectivity index (χ1v) is 9.84. The molecule has 9 heteroatoms. The second-order valence-corrected chi connectivity index (χ2v) is 6.89. The zero-order valence-electron chi connectivity index (χ0n) is 17.2. The van der Waals surface area contributed by atoms with Gasteiger partial charge in [0.25, 0.3) is 5.91 Å². The van der Waals surface area contributed by atoms with Gasteiger partial charge in [-0.1, -0.05) is 24.3 Å². The summed E-state index contributed by atoms with van der Waals surface area (Å²) in [6, 6.07) is 11.7. The largest absolute Gasteiger partial charge is 0.492 e. The molecule has 0 aliphatic heterocycles. The number of aromatic nitrogens is 3. The molecular formula is C22H23FN4O4. The number of hydrogen-bond acceptors (Lipinski definition) is 5. The van der Waals surface area contributed by atoms with Crippen molar-refractivity contribution in [3.63, 3.8) is 0 Å².